The Kier molecular flexibility index (Phi) is 32.2. The van der Waals surface area contributed by atoms with E-state index < -0.39 is 47.6 Å². The van der Waals surface area contributed by atoms with Gasteiger partial charge in [-0.05, 0) is 67.2 Å². The van der Waals surface area contributed by atoms with Crippen LogP contribution in [-0.2, 0) is 71.6 Å². The molecule has 378 valence electrons. The lowest BCUT2D eigenvalue weighted by atomic mass is 10.0. The number of esters is 2. The normalized spacial score (nSPS) is 13.5. The number of unbranched alkanes of at least 4 members (excludes halogenated alkanes) is 12. The maximum Gasteiger partial charge on any atom is 0.358 e. The predicted octanol–water partition coefficient (Wildman–Crippen LogP) is 4.86. The average molecular weight is 941 g/mol. The lowest BCUT2D eigenvalue weighted by Gasteiger charge is -2.24. The van der Waals surface area contributed by atoms with Crippen molar-refractivity contribution < 1.29 is 71.6 Å². The molecule has 3 N–H and O–H groups in total. The van der Waals surface area contributed by atoms with Crippen molar-refractivity contribution in [2.75, 3.05) is 65.9 Å². The predicted molar refractivity (Wildman–Crippen MR) is 243 cm³/mol. The summed E-state index contributed by atoms with van der Waals surface area (Å²) in [6.07, 6.45) is 18.0. The molecule has 0 aromatic rings. The largest absolute Gasteiger partial charge is 0.458 e. The van der Waals surface area contributed by atoms with Gasteiger partial charge in [0.1, 0.15) is 30.5 Å². The maximum absolute atomic E-state index is 12.9. The second kappa shape index (κ2) is 35.7. The lowest BCUT2D eigenvalue weighted by Crippen LogP contribution is -2.44. The zero-order valence-electron chi connectivity index (χ0n) is 40.6. The van der Waals surface area contributed by atoms with Gasteiger partial charge >= 0.3 is 17.9 Å². The van der Waals surface area contributed by atoms with E-state index in [1.54, 1.807) is 20.8 Å². The van der Waals surface area contributed by atoms with Crippen LogP contribution in [0, 0.1) is 0 Å². The number of rotatable bonds is 38. The molecule has 1 saturated heterocycles. The molecule has 1 heterocycles. The highest BCUT2D eigenvalue weighted by Gasteiger charge is 2.33. The van der Waals surface area contributed by atoms with Crippen LogP contribution in [0.4, 0.5) is 0 Å². The number of hydroxylamine groups is 2. The van der Waals surface area contributed by atoms with Crippen LogP contribution in [0.1, 0.15) is 157 Å². The molecule has 1 atom stereocenters. The SMILES string of the molecule is CC(C)(C)OC(=O)C=CCCCCCCCCCCCCCCC(=O)NC(CCC(=O)NCCOCCOCC(=O)NCCOCCOCC(=O)ON1C(=O)CCC1=O)C(=O)OC(C)(C)C. The molecule has 0 radical (unpaired) electrons. The summed E-state index contributed by atoms with van der Waals surface area (Å²) < 4.78 is 31.9. The minimum Gasteiger partial charge on any atom is -0.458 e. The summed E-state index contributed by atoms with van der Waals surface area (Å²) in [6, 6.07) is -0.948. The molecule has 5 amide bonds. The Labute approximate surface area is 391 Å². The van der Waals surface area contributed by atoms with E-state index in [0.717, 1.165) is 38.5 Å². The van der Waals surface area contributed by atoms with Gasteiger partial charge in [-0.3, -0.25) is 24.0 Å². The fraction of sp³-hybridized carbons (Fsp3) is 0.787. The van der Waals surface area contributed by atoms with E-state index in [2.05, 4.69) is 20.8 Å². The molecule has 1 fully saturated rings. The quantitative estimate of drug-likeness (QED) is 0.0324. The molecule has 0 aromatic carbocycles. The summed E-state index contributed by atoms with van der Waals surface area (Å²) in [5.74, 6) is -3.79. The van der Waals surface area contributed by atoms with Crippen LogP contribution >= 0.6 is 0 Å². The second-order valence-corrected chi connectivity index (χ2v) is 18.0. The Bertz CT molecular complexity index is 1480. The van der Waals surface area contributed by atoms with Crippen LogP contribution in [0.3, 0.4) is 0 Å². The molecule has 0 aliphatic carbocycles. The topological polar surface area (TPSA) is 240 Å². The smallest absolute Gasteiger partial charge is 0.358 e. The first kappa shape index (κ1) is 59.6. The summed E-state index contributed by atoms with van der Waals surface area (Å²) >= 11 is 0. The Balaban J connectivity index is 2.07. The van der Waals surface area contributed by atoms with Crippen molar-refractivity contribution in [3.05, 3.63) is 12.2 Å². The highest BCUT2D eigenvalue weighted by molar-refractivity contribution is 6.01. The van der Waals surface area contributed by atoms with Gasteiger partial charge in [-0.1, -0.05) is 70.3 Å². The molecule has 0 aromatic heterocycles. The van der Waals surface area contributed by atoms with Crippen molar-refractivity contribution in [1.82, 2.24) is 21.0 Å². The minimum absolute atomic E-state index is 0.000280. The van der Waals surface area contributed by atoms with Gasteiger partial charge in [-0.25, -0.2) is 14.4 Å². The molecule has 1 unspecified atom stereocenters. The molecule has 1 aliphatic rings. The van der Waals surface area contributed by atoms with Crippen molar-refractivity contribution in [2.45, 2.75) is 174 Å². The van der Waals surface area contributed by atoms with Crippen LogP contribution in [0.2, 0.25) is 0 Å². The molecule has 1 rings (SSSR count). The van der Waals surface area contributed by atoms with E-state index in [1.807, 2.05) is 26.8 Å². The monoisotopic (exact) mass is 941 g/mol. The molecular weight excluding hydrogens is 861 g/mol. The lowest BCUT2D eigenvalue weighted by molar-refractivity contribution is -0.200. The Morgan fingerprint density at radius 1 is 0.576 bits per heavy atom. The highest BCUT2D eigenvalue weighted by Crippen LogP contribution is 2.15. The number of ether oxygens (including phenoxy) is 6. The van der Waals surface area contributed by atoms with Crippen molar-refractivity contribution in [2.24, 2.45) is 0 Å². The number of nitrogens with one attached hydrogen (secondary N) is 3. The molecule has 66 heavy (non-hydrogen) atoms. The number of carbonyl (C=O) groups is 8. The number of hydrogen-bond donors (Lipinski definition) is 3. The number of imide groups is 1. The number of carbonyl (C=O) groups excluding carboxylic acids is 8. The standard InChI is InChI=1S/C47H80N4O15/c1-46(2,3)64-43(57)22-20-18-16-14-12-10-8-7-9-11-13-15-17-19-21-39(53)50-37(45(59)65-47(4,5)6)23-24-38(52)48-27-29-60-31-33-62-35-40(54)49-28-30-61-32-34-63-36-44(58)66-51-41(55)25-26-42(51)56/h20,22,37H,7-19,21,23-36H2,1-6H3,(H,48,52)(H,49,54)(H,50,53). The molecule has 0 saturated carbocycles. The second-order valence-electron chi connectivity index (χ2n) is 18.0. The van der Waals surface area contributed by atoms with Gasteiger partial charge in [0.25, 0.3) is 11.8 Å². The molecule has 19 nitrogen and oxygen atoms in total. The van der Waals surface area contributed by atoms with Crippen LogP contribution < -0.4 is 16.0 Å². The van der Waals surface area contributed by atoms with E-state index in [1.165, 1.54) is 44.6 Å². The fourth-order valence-electron chi connectivity index (χ4n) is 6.21. The first-order chi connectivity index (χ1) is 31.4. The van der Waals surface area contributed by atoms with Gasteiger partial charge in [0.15, 0.2) is 0 Å². The van der Waals surface area contributed by atoms with Crippen LogP contribution in [0.5, 0.6) is 0 Å². The third kappa shape index (κ3) is 34.8. The fourth-order valence-corrected chi connectivity index (χ4v) is 6.21. The van der Waals surface area contributed by atoms with Gasteiger partial charge < -0.3 is 49.2 Å². The first-order valence-electron chi connectivity index (χ1n) is 23.7. The number of amides is 5. The van der Waals surface area contributed by atoms with Gasteiger partial charge in [-0.2, -0.15) is 0 Å². The summed E-state index contributed by atoms with van der Waals surface area (Å²) in [7, 11) is 0. The molecule has 0 bridgehead atoms. The van der Waals surface area contributed by atoms with E-state index in [4.69, 9.17) is 28.4 Å². The summed E-state index contributed by atoms with van der Waals surface area (Å²) in [6.45, 7) is 11.5. The number of hydrogen-bond acceptors (Lipinski definition) is 15. The van der Waals surface area contributed by atoms with Crippen LogP contribution in [0.25, 0.3) is 0 Å². The Morgan fingerprint density at radius 3 is 1.61 bits per heavy atom. The number of allylic oxidation sites excluding steroid dienone is 1. The van der Waals surface area contributed by atoms with Crippen molar-refractivity contribution >= 4 is 47.4 Å². The molecule has 19 heteroatoms. The van der Waals surface area contributed by atoms with Crippen molar-refractivity contribution in [1.29, 1.82) is 0 Å². The zero-order valence-corrected chi connectivity index (χ0v) is 40.6. The minimum atomic E-state index is -0.948. The molecular formula is C47H80N4O15. The number of nitrogens with zero attached hydrogens (tertiary/aromatic N) is 1. The Morgan fingerprint density at radius 2 is 1.06 bits per heavy atom. The van der Waals surface area contributed by atoms with Crippen molar-refractivity contribution in [3.8, 4) is 0 Å². The summed E-state index contributed by atoms with van der Waals surface area (Å²) in [5.41, 5.74) is -1.22. The van der Waals surface area contributed by atoms with E-state index in [9.17, 15) is 38.4 Å². The van der Waals surface area contributed by atoms with Crippen LogP contribution in [0.15, 0.2) is 12.2 Å². The Hall–Kier alpha value is -4.46. The van der Waals surface area contributed by atoms with E-state index in [-0.39, 0.29) is 109 Å². The van der Waals surface area contributed by atoms with Gasteiger partial charge in [0.05, 0.1) is 39.6 Å². The van der Waals surface area contributed by atoms with Crippen molar-refractivity contribution in [3.63, 3.8) is 0 Å². The van der Waals surface area contributed by atoms with Crippen LogP contribution in [-0.4, -0.2) is 136 Å². The third-order valence-electron chi connectivity index (χ3n) is 9.41. The van der Waals surface area contributed by atoms with Gasteiger partial charge in [-0.15, -0.1) is 5.06 Å². The van der Waals surface area contributed by atoms with Gasteiger partial charge in [0.2, 0.25) is 17.7 Å². The molecule has 1 aliphatic heterocycles. The highest BCUT2D eigenvalue weighted by atomic mass is 16.7. The first-order valence-corrected chi connectivity index (χ1v) is 23.7. The zero-order chi connectivity index (χ0) is 49.1. The third-order valence-corrected chi connectivity index (χ3v) is 9.41. The van der Waals surface area contributed by atoms with E-state index >= 15 is 0 Å². The maximum atomic E-state index is 12.9. The summed E-state index contributed by atoms with van der Waals surface area (Å²) in [5, 5.41) is 8.58. The molecule has 0 spiro atoms. The van der Waals surface area contributed by atoms with Gasteiger partial charge in [0, 0.05) is 44.8 Å². The van der Waals surface area contributed by atoms with E-state index in [0.29, 0.717) is 17.9 Å². The summed E-state index contributed by atoms with van der Waals surface area (Å²) in [4.78, 5) is 101. The average Bonchev–Trinajstić information content (AvgIpc) is 3.54.